The van der Waals surface area contributed by atoms with E-state index in [0.29, 0.717) is 5.92 Å². The first kappa shape index (κ1) is 12.1. The SMILES string of the molecule is CC(CNc1cncc(Br)c1)c1ccccc1. The number of aromatic nitrogens is 1. The summed E-state index contributed by atoms with van der Waals surface area (Å²) in [5.74, 6) is 0.482. The monoisotopic (exact) mass is 290 g/mol. The summed E-state index contributed by atoms with van der Waals surface area (Å²) in [6, 6.07) is 12.5. The van der Waals surface area contributed by atoms with Crippen molar-refractivity contribution in [3.63, 3.8) is 0 Å². The molecular formula is C14H15BrN2. The van der Waals surface area contributed by atoms with E-state index in [4.69, 9.17) is 0 Å². The van der Waals surface area contributed by atoms with Gasteiger partial charge in [-0.05, 0) is 33.5 Å². The van der Waals surface area contributed by atoms with Gasteiger partial charge in [0.05, 0.1) is 11.9 Å². The Kier molecular flexibility index (Phi) is 4.15. The predicted molar refractivity (Wildman–Crippen MR) is 75.3 cm³/mol. The summed E-state index contributed by atoms with van der Waals surface area (Å²) in [6.07, 6.45) is 3.62. The molecule has 0 aliphatic rings. The largest absolute Gasteiger partial charge is 0.383 e. The molecule has 0 spiro atoms. The molecule has 1 atom stereocenters. The lowest BCUT2D eigenvalue weighted by Gasteiger charge is -2.13. The van der Waals surface area contributed by atoms with Crippen LogP contribution in [0, 0.1) is 0 Å². The molecule has 1 aromatic carbocycles. The first-order valence-electron chi connectivity index (χ1n) is 5.65. The van der Waals surface area contributed by atoms with E-state index in [1.807, 2.05) is 18.3 Å². The molecule has 1 unspecified atom stereocenters. The maximum atomic E-state index is 4.13. The van der Waals surface area contributed by atoms with Crippen LogP contribution in [0.1, 0.15) is 18.4 Å². The Balaban J connectivity index is 1.95. The highest BCUT2D eigenvalue weighted by atomic mass is 79.9. The minimum Gasteiger partial charge on any atom is -0.383 e. The lowest BCUT2D eigenvalue weighted by atomic mass is 10.0. The Morgan fingerprint density at radius 3 is 2.71 bits per heavy atom. The van der Waals surface area contributed by atoms with E-state index < -0.39 is 0 Å². The van der Waals surface area contributed by atoms with Crippen molar-refractivity contribution in [3.05, 3.63) is 58.8 Å². The highest BCUT2D eigenvalue weighted by molar-refractivity contribution is 9.10. The van der Waals surface area contributed by atoms with Gasteiger partial charge in [0.25, 0.3) is 0 Å². The number of benzene rings is 1. The van der Waals surface area contributed by atoms with Crippen molar-refractivity contribution in [1.29, 1.82) is 0 Å². The van der Waals surface area contributed by atoms with Gasteiger partial charge in [-0.25, -0.2) is 0 Å². The predicted octanol–water partition coefficient (Wildman–Crippen LogP) is 4.06. The molecule has 1 aromatic heterocycles. The number of nitrogens with one attached hydrogen (secondary N) is 1. The Bertz CT molecular complexity index is 471. The topological polar surface area (TPSA) is 24.9 Å². The normalized spacial score (nSPS) is 12.1. The van der Waals surface area contributed by atoms with Crippen LogP contribution in [0.15, 0.2) is 53.3 Å². The molecule has 2 rings (SSSR count). The highest BCUT2D eigenvalue weighted by Crippen LogP contribution is 2.17. The molecule has 2 nitrogen and oxygen atoms in total. The molecule has 88 valence electrons. The summed E-state index contributed by atoms with van der Waals surface area (Å²) >= 11 is 3.41. The fraction of sp³-hybridized carbons (Fsp3) is 0.214. The molecular weight excluding hydrogens is 276 g/mol. The van der Waals surface area contributed by atoms with Crippen molar-refractivity contribution in [3.8, 4) is 0 Å². The van der Waals surface area contributed by atoms with Crippen molar-refractivity contribution in [2.24, 2.45) is 0 Å². The minimum absolute atomic E-state index is 0.482. The van der Waals surface area contributed by atoms with Crippen LogP contribution in [-0.4, -0.2) is 11.5 Å². The van der Waals surface area contributed by atoms with Crippen LogP contribution in [0.25, 0.3) is 0 Å². The van der Waals surface area contributed by atoms with Crippen LogP contribution in [0.2, 0.25) is 0 Å². The number of anilines is 1. The highest BCUT2D eigenvalue weighted by Gasteiger charge is 2.04. The van der Waals surface area contributed by atoms with Crippen molar-refractivity contribution in [2.75, 3.05) is 11.9 Å². The maximum Gasteiger partial charge on any atom is 0.0538 e. The van der Waals surface area contributed by atoms with Crippen LogP contribution in [0.3, 0.4) is 0 Å². The van der Waals surface area contributed by atoms with Crippen molar-refractivity contribution in [1.82, 2.24) is 4.98 Å². The lowest BCUT2D eigenvalue weighted by Crippen LogP contribution is -2.09. The number of hydrogen-bond acceptors (Lipinski definition) is 2. The summed E-state index contributed by atoms with van der Waals surface area (Å²) in [5.41, 5.74) is 2.39. The fourth-order valence-electron chi connectivity index (χ4n) is 1.68. The van der Waals surface area contributed by atoms with Gasteiger partial charge in [0, 0.05) is 17.2 Å². The van der Waals surface area contributed by atoms with E-state index in [2.05, 4.69) is 57.4 Å². The third kappa shape index (κ3) is 3.56. The summed E-state index contributed by atoms with van der Waals surface area (Å²) in [4.78, 5) is 4.13. The first-order chi connectivity index (χ1) is 8.25. The smallest absolute Gasteiger partial charge is 0.0538 e. The Hall–Kier alpha value is -1.35. The number of hydrogen-bond donors (Lipinski definition) is 1. The van der Waals surface area contributed by atoms with Crippen molar-refractivity contribution in [2.45, 2.75) is 12.8 Å². The molecule has 0 bridgehead atoms. The minimum atomic E-state index is 0.482. The Morgan fingerprint density at radius 1 is 1.24 bits per heavy atom. The van der Waals surface area contributed by atoms with Crippen LogP contribution in [0.4, 0.5) is 5.69 Å². The van der Waals surface area contributed by atoms with E-state index in [0.717, 1.165) is 16.7 Å². The fourth-order valence-corrected chi connectivity index (χ4v) is 2.04. The molecule has 17 heavy (non-hydrogen) atoms. The number of nitrogens with zero attached hydrogens (tertiary/aromatic N) is 1. The summed E-state index contributed by atoms with van der Waals surface area (Å²) in [7, 11) is 0. The van der Waals surface area contributed by atoms with Gasteiger partial charge >= 0.3 is 0 Å². The third-order valence-electron chi connectivity index (χ3n) is 2.69. The summed E-state index contributed by atoms with van der Waals surface area (Å²) in [6.45, 7) is 3.12. The Morgan fingerprint density at radius 2 is 2.00 bits per heavy atom. The number of rotatable bonds is 4. The number of pyridine rings is 1. The summed E-state index contributed by atoms with van der Waals surface area (Å²) in [5, 5.41) is 3.39. The Labute approximate surface area is 110 Å². The van der Waals surface area contributed by atoms with E-state index in [1.54, 1.807) is 6.20 Å². The maximum absolute atomic E-state index is 4.13. The molecule has 3 heteroatoms. The van der Waals surface area contributed by atoms with Crippen LogP contribution in [-0.2, 0) is 0 Å². The van der Waals surface area contributed by atoms with Crippen LogP contribution >= 0.6 is 15.9 Å². The zero-order chi connectivity index (χ0) is 12.1. The quantitative estimate of drug-likeness (QED) is 0.919. The van der Waals surface area contributed by atoms with E-state index >= 15 is 0 Å². The molecule has 2 aromatic rings. The van der Waals surface area contributed by atoms with E-state index in [-0.39, 0.29) is 0 Å². The van der Waals surface area contributed by atoms with Gasteiger partial charge in [0.1, 0.15) is 0 Å². The molecule has 0 aliphatic heterocycles. The second-order valence-corrected chi connectivity index (χ2v) is 5.00. The molecule has 1 N–H and O–H groups in total. The molecule has 0 saturated heterocycles. The molecule has 0 aliphatic carbocycles. The first-order valence-corrected chi connectivity index (χ1v) is 6.44. The summed E-state index contributed by atoms with van der Waals surface area (Å²) < 4.78 is 0.995. The second kappa shape index (κ2) is 5.82. The van der Waals surface area contributed by atoms with Gasteiger partial charge in [-0.1, -0.05) is 37.3 Å². The van der Waals surface area contributed by atoms with Gasteiger partial charge in [-0.3, -0.25) is 4.98 Å². The second-order valence-electron chi connectivity index (χ2n) is 4.08. The lowest BCUT2D eigenvalue weighted by molar-refractivity contribution is 0.804. The average molecular weight is 291 g/mol. The molecule has 0 amide bonds. The van der Waals surface area contributed by atoms with Gasteiger partial charge in [0.15, 0.2) is 0 Å². The van der Waals surface area contributed by atoms with E-state index in [9.17, 15) is 0 Å². The average Bonchev–Trinajstić information content (AvgIpc) is 2.37. The standard InChI is InChI=1S/C14H15BrN2/c1-11(12-5-3-2-4-6-12)8-17-14-7-13(15)9-16-10-14/h2-7,9-11,17H,8H2,1H3. The molecule has 1 heterocycles. The van der Waals surface area contributed by atoms with Gasteiger partial charge in [-0.2, -0.15) is 0 Å². The number of halogens is 1. The van der Waals surface area contributed by atoms with Gasteiger partial charge < -0.3 is 5.32 Å². The third-order valence-corrected chi connectivity index (χ3v) is 3.12. The van der Waals surface area contributed by atoms with Crippen LogP contribution in [0.5, 0.6) is 0 Å². The van der Waals surface area contributed by atoms with Crippen molar-refractivity contribution >= 4 is 21.6 Å². The molecule has 0 fully saturated rings. The molecule has 0 radical (unpaired) electrons. The zero-order valence-electron chi connectivity index (χ0n) is 9.73. The van der Waals surface area contributed by atoms with Crippen LogP contribution < -0.4 is 5.32 Å². The zero-order valence-corrected chi connectivity index (χ0v) is 11.3. The van der Waals surface area contributed by atoms with Gasteiger partial charge in [-0.15, -0.1) is 0 Å². The molecule has 0 saturated carbocycles. The van der Waals surface area contributed by atoms with Gasteiger partial charge in [0.2, 0.25) is 0 Å². The van der Waals surface area contributed by atoms with Crippen molar-refractivity contribution < 1.29 is 0 Å². The van der Waals surface area contributed by atoms with E-state index in [1.165, 1.54) is 5.56 Å².